The molecule has 0 heterocycles. The topological polar surface area (TPSA) is 126 Å². The van der Waals surface area contributed by atoms with Gasteiger partial charge in [-0.25, -0.2) is 0 Å². The van der Waals surface area contributed by atoms with E-state index >= 15 is 0 Å². The van der Waals surface area contributed by atoms with Crippen LogP contribution in [0.1, 0.15) is 16.7 Å². The first kappa shape index (κ1) is 26.1. The van der Waals surface area contributed by atoms with Crippen LogP contribution < -0.4 is 14.2 Å². The van der Waals surface area contributed by atoms with Gasteiger partial charge in [-0.3, -0.25) is 4.79 Å². The molecule has 184 valence electrons. The molecule has 0 unspecified atom stereocenters. The van der Waals surface area contributed by atoms with Gasteiger partial charge in [-0.05, 0) is 73.5 Å². The molecule has 0 saturated carbocycles. The summed E-state index contributed by atoms with van der Waals surface area (Å²) >= 11 is 0. The molecular formula is C27H24N2O6S. The van der Waals surface area contributed by atoms with E-state index in [1.807, 2.05) is 13.0 Å². The SMILES string of the molecule is C=CCc1cc(/C=C(\C#N)C(=O)Nc2ccc(O)cc2)cc(OC)c1OS(=O)(=O)c1ccc(C)cc1. The Bertz CT molecular complexity index is 1450. The van der Waals surface area contributed by atoms with Crippen molar-refractivity contribution < 1.29 is 27.2 Å². The Morgan fingerprint density at radius 2 is 1.81 bits per heavy atom. The van der Waals surface area contributed by atoms with E-state index in [9.17, 15) is 23.6 Å². The van der Waals surface area contributed by atoms with Gasteiger partial charge in [0.15, 0.2) is 11.5 Å². The molecule has 9 heteroatoms. The predicted molar refractivity (Wildman–Crippen MR) is 136 cm³/mol. The average molecular weight is 505 g/mol. The number of phenolic OH excluding ortho intramolecular Hbond substituents is 1. The standard InChI is InChI=1S/C27H24N2O6S/c1-4-5-20-14-19(15-21(17-28)27(31)29-22-8-10-23(30)11-9-22)16-25(34-3)26(20)35-36(32,33)24-12-6-18(2)7-13-24/h4,6-16,30H,1,5H2,2-3H3,(H,29,31)/b21-15+. The maximum atomic E-state index is 12.9. The summed E-state index contributed by atoms with van der Waals surface area (Å²) in [7, 11) is -2.80. The summed E-state index contributed by atoms with van der Waals surface area (Å²) in [4.78, 5) is 12.6. The quantitative estimate of drug-likeness (QED) is 0.142. The Kier molecular flexibility index (Phi) is 8.14. The number of amides is 1. The summed E-state index contributed by atoms with van der Waals surface area (Å²) in [6.45, 7) is 5.55. The Hall–Kier alpha value is -4.55. The van der Waals surface area contributed by atoms with Crippen molar-refractivity contribution in [1.29, 1.82) is 5.26 Å². The average Bonchev–Trinajstić information content (AvgIpc) is 2.85. The lowest BCUT2D eigenvalue weighted by Crippen LogP contribution is -2.13. The fourth-order valence-electron chi connectivity index (χ4n) is 3.24. The maximum absolute atomic E-state index is 12.9. The van der Waals surface area contributed by atoms with Gasteiger partial charge in [-0.1, -0.05) is 23.8 Å². The Balaban J connectivity index is 1.98. The molecule has 0 aliphatic rings. The van der Waals surface area contributed by atoms with Gasteiger partial charge in [0.05, 0.1) is 7.11 Å². The van der Waals surface area contributed by atoms with Crippen LogP contribution >= 0.6 is 0 Å². The molecule has 0 radical (unpaired) electrons. The first-order valence-electron chi connectivity index (χ1n) is 10.7. The van der Waals surface area contributed by atoms with Crippen molar-refractivity contribution in [3.8, 4) is 23.3 Å². The monoisotopic (exact) mass is 504 g/mol. The van der Waals surface area contributed by atoms with E-state index in [-0.39, 0.29) is 34.1 Å². The van der Waals surface area contributed by atoms with Gasteiger partial charge in [0, 0.05) is 11.3 Å². The second kappa shape index (κ2) is 11.3. The van der Waals surface area contributed by atoms with E-state index in [0.717, 1.165) is 5.56 Å². The zero-order chi connectivity index (χ0) is 26.3. The first-order valence-corrected chi connectivity index (χ1v) is 12.1. The summed E-state index contributed by atoms with van der Waals surface area (Å²) in [5.74, 6) is -0.526. The van der Waals surface area contributed by atoms with Crippen LogP contribution in [-0.2, 0) is 21.3 Å². The number of hydrogen-bond donors (Lipinski definition) is 2. The highest BCUT2D eigenvalue weighted by molar-refractivity contribution is 7.87. The van der Waals surface area contributed by atoms with Crippen LogP contribution in [0.3, 0.4) is 0 Å². The molecule has 0 spiro atoms. The summed E-state index contributed by atoms with van der Waals surface area (Å²) in [6.07, 6.45) is 3.15. The third-order valence-electron chi connectivity index (χ3n) is 5.04. The summed E-state index contributed by atoms with van der Waals surface area (Å²) in [5.41, 5.74) is 1.95. The molecule has 0 aliphatic carbocycles. The normalized spacial score (nSPS) is 11.3. The molecule has 3 aromatic carbocycles. The van der Waals surface area contributed by atoms with E-state index in [4.69, 9.17) is 8.92 Å². The molecule has 0 fully saturated rings. The van der Waals surface area contributed by atoms with Crippen LogP contribution in [0.5, 0.6) is 17.2 Å². The number of nitrogens with zero attached hydrogens (tertiary/aromatic N) is 1. The van der Waals surface area contributed by atoms with Crippen LogP contribution in [0.2, 0.25) is 0 Å². The second-order valence-electron chi connectivity index (χ2n) is 7.73. The van der Waals surface area contributed by atoms with E-state index in [0.29, 0.717) is 16.8 Å². The number of rotatable bonds is 9. The molecule has 0 atom stereocenters. The number of carbonyl (C=O) groups is 1. The zero-order valence-corrected chi connectivity index (χ0v) is 20.5. The summed E-state index contributed by atoms with van der Waals surface area (Å²) < 4.78 is 36.7. The molecule has 2 N–H and O–H groups in total. The van der Waals surface area contributed by atoms with Gasteiger partial charge < -0.3 is 19.3 Å². The lowest BCUT2D eigenvalue weighted by atomic mass is 10.0. The third-order valence-corrected chi connectivity index (χ3v) is 6.28. The molecule has 0 aliphatic heterocycles. The minimum Gasteiger partial charge on any atom is -0.508 e. The van der Waals surface area contributed by atoms with Crippen LogP contribution in [0.4, 0.5) is 5.69 Å². The van der Waals surface area contributed by atoms with Crippen LogP contribution in [-0.4, -0.2) is 26.5 Å². The van der Waals surface area contributed by atoms with Gasteiger partial charge in [0.2, 0.25) is 0 Å². The summed E-state index contributed by atoms with van der Waals surface area (Å²) in [5, 5.41) is 21.5. The molecule has 0 saturated heterocycles. The highest BCUT2D eigenvalue weighted by Crippen LogP contribution is 2.36. The van der Waals surface area contributed by atoms with Crippen molar-refractivity contribution in [1.82, 2.24) is 0 Å². The number of nitriles is 1. The minimum atomic E-state index is -4.16. The van der Waals surface area contributed by atoms with Crippen molar-refractivity contribution in [2.45, 2.75) is 18.2 Å². The number of methoxy groups -OCH3 is 1. The molecule has 0 bridgehead atoms. The molecule has 3 aromatic rings. The highest BCUT2D eigenvalue weighted by Gasteiger charge is 2.22. The number of nitrogens with one attached hydrogen (secondary N) is 1. The molecule has 0 aromatic heterocycles. The van der Waals surface area contributed by atoms with Crippen LogP contribution in [0, 0.1) is 18.3 Å². The Morgan fingerprint density at radius 3 is 2.39 bits per heavy atom. The van der Waals surface area contributed by atoms with E-state index in [2.05, 4.69) is 11.9 Å². The van der Waals surface area contributed by atoms with Gasteiger partial charge in [-0.15, -0.1) is 6.58 Å². The molecule has 8 nitrogen and oxygen atoms in total. The molecular weight excluding hydrogens is 480 g/mol. The predicted octanol–water partition coefficient (Wildman–Crippen LogP) is 4.75. The zero-order valence-electron chi connectivity index (χ0n) is 19.7. The van der Waals surface area contributed by atoms with Crippen molar-refractivity contribution in [3.05, 3.63) is 95.6 Å². The van der Waals surface area contributed by atoms with Gasteiger partial charge in [-0.2, -0.15) is 13.7 Å². The Labute approximate surface area is 209 Å². The van der Waals surface area contributed by atoms with Gasteiger partial charge >= 0.3 is 10.1 Å². The fourth-order valence-corrected chi connectivity index (χ4v) is 4.22. The number of hydrogen-bond acceptors (Lipinski definition) is 7. The van der Waals surface area contributed by atoms with Gasteiger partial charge in [0.1, 0.15) is 22.3 Å². The molecule has 36 heavy (non-hydrogen) atoms. The van der Waals surface area contributed by atoms with Crippen LogP contribution in [0.25, 0.3) is 6.08 Å². The van der Waals surface area contributed by atoms with Crippen molar-refractivity contribution in [3.63, 3.8) is 0 Å². The number of ether oxygens (including phenoxy) is 1. The van der Waals surface area contributed by atoms with Gasteiger partial charge in [0.25, 0.3) is 5.91 Å². The fraction of sp³-hybridized carbons (Fsp3) is 0.111. The lowest BCUT2D eigenvalue weighted by Gasteiger charge is -2.16. The van der Waals surface area contributed by atoms with Crippen molar-refractivity contribution >= 4 is 27.8 Å². The third kappa shape index (κ3) is 6.31. The Morgan fingerprint density at radius 1 is 1.14 bits per heavy atom. The second-order valence-corrected chi connectivity index (χ2v) is 9.27. The lowest BCUT2D eigenvalue weighted by molar-refractivity contribution is -0.112. The number of carbonyl (C=O) groups excluding carboxylic acids is 1. The minimum absolute atomic E-state index is 0.0119. The number of phenols is 1. The number of benzene rings is 3. The number of aryl methyl sites for hydroxylation is 1. The summed E-state index contributed by atoms with van der Waals surface area (Å²) in [6, 6.07) is 17.0. The molecule has 3 rings (SSSR count). The van der Waals surface area contributed by atoms with Crippen molar-refractivity contribution in [2.75, 3.05) is 12.4 Å². The highest BCUT2D eigenvalue weighted by atomic mass is 32.2. The number of anilines is 1. The number of allylic oxidation sites excluding steroid dienone is 1. The smallest absolute Gasteiger partial charge is 0.339 e. The number of aromatic hydroxyl groups is 1. The van der Waals surface area contributed by atoms with E-state index in [1.165, 1.54) is 55.7 Å². The largest absolute Gasteiger partial charge is 0.508 e. The van der Waals surface area contributed by atoms with E-state index < -0.39 is 16.0 Å². The van der Waals surface area contributed by atoms with Crippen molar-refractivity contribution in [2.24, 2.45) is 0 Å². The maximum Gasteiger partial charge on any atom is 0.339 e. The van der Waals surface area contributed by atoms with Crippen LogP contribution in [0.15, 0.2) is 83.8 Å². The first-order chi connectivity index (χ1) is 17.2. The van der Waals surface area contributed by atoms with E-state index in [1.54, 1.807) is 24.3 Å². The molecule has 1 amide bonds.